The molecule has 0 aliphatic heterocycles. The predicted molar refractivity (Wildman–Crippen MR) is 46.3 cm³/mol. The van der Waals surface area contributed by atoms with Gasteiger partial charge in [-0.3, -0.25) is 4.79 Å². The lowest BCUT2D eigenvalue weighted by Crippen LogP contribution is -2.27. The number of nitrogens with two attached hydrogens (primary N) is 1. The Morgan fingerprint density at radius 3 is 3.08 bits per heavy atom. The van der Waals surface area contributed by atoms with Crippen LogP contribution in [0.15, 0.2) is 23.4 Å². The van der Waals surface area contributed by atoms with Crippen LogP contribution in [-0.4, -0.2) is 25.9 Å². The number of rotatable bonds is 2. The highest BCUT2D eigenvalue weighted by atomic mass is 16.1. The number of fused-ring (bicyclic) bond motifs is 1. The van der Waals surface area contributed by atoms with Gasteiger partial charge in [0.1, 0.15) is 11.8 Å². The molecule has 6 heteroatoms. The lowest BCUT2D eigenvalue weighted by molar-refractivity contribution is 0.574. The zero-order valence-corrected chi connectivity index (χ0v) is 6.92. The third kappa shape index (κ3) is 1.20. The van der Waals surface area contributed by atoms with Crippen molar-refractivity contribution in [1.82, 2.24) is 19.4 Å². The fourth-order valence-electron chi connectivity index (χ4n) is 1.15. The van der Waals surface area contributed by atoms with Crippen LogP contribution in [0, 0.1) is 0 Å². The van der Waals surface area contributed by atoms with E-state index in [1.165, 1.54) is 15.5 Å². The SMILES string of the molecule is NCCn1ncn2nccc2c1=O. The number of hydrogen-bond acceptors (Lipinski definition) is 4. The quantitative estimate of drug-likeness (QED) is 0.631. The monoisotopic (exact) mass is 179 g/mol. The second-order valence-corrected chi connectivity index (χ2v) is 2.61. The predicted octanol–water partition coefficient (Wildman–Crippen LogP) is -1.15. The fourth-order valence-corrected chi connectivity index (χ4v) is 1.15. The molecular formula is C7H9N5O. The highest BCUT2D eigenvalue weighted by Crippen LogP contribution is 1.90. The van der Waals surface area contributed by atoms with Crippen LogP contribution in [0.4, 0.5) is 0 Å². The maximum Gasteiger partial charge on any atom is 0.292 e. The summed E-state index contributed by atoms with van der Waals surface area (Å²) in [6.07, 6.45) is 3.05. The van der Waals surface area contributed by atoms with E-state index in [-0.39, 0.29) is 5.56 Å². The van der Waals surface area contributed by atoms with Gasteiger partial charge in [0.05, 0.1) is 12.7 Å². The average molecular weight is 179 g/mol. The van der Waals surface area contributed by atoms with E-state index in [0.29, 0.717) is 18.6 Å². The van der Waals surface area contributed by atoms with Gasteiger partial charge in [0.2, 0.25) is 0 Å². The van der Waals surface area contributed by atoms with E-state index in [1.54, 1.807) is 12.3 Å². The molecule has 0 saturated heterocycles. The summed E-state index contributed by atoms with van der Waals surface area (Å²) in [5.74, 6) is 0. The lowest BCUT2D eigenvalue weighted by Gasteiger charge is -2.00. The molecule has 0 radical (unpaired) electrons. The molecule has 2 N–H and O–H groups in total. The van der Waals surface area contributed by atoms with E-state index in [9.17, 15) is 4.79 Å². The molecule has 2 aromatic heterocycles. The Labute approximate surface area is 73.6 Å². The van der Waals surface area contributed by atoms with Crippen LogP contribution in [-0.2, 0) is 6.54 Å². The molecule has 0 aliphatic rings. The van der Waals surface area contributed by atoms with Crippen LogP contribution in [0.5, 0.6) is 0 Å². The summed E-state index contributed by atoms with van der Waals surface area (Å²) in [5.41, 5.74) is 5.68. The molecule has 0 atom stereocenters. The Balaban J connectivity index is 2.67. The first-order chi connectivity index (χ1) is 6.33. The van der Waals surface area contributed by atoms with Crippen molar-refractivity contribution in [3.05, 3.63) is 28.9 Å². The Morgan fingerprint density at radius 2 is 2.31 bits per heavy atom. The highest BCUT2D eigenvalue weighted by molar-refractivity contribution is 5.41. The minimum atomic E-state index is -0.162. The standard InChI is InChI=1S/C7H9N5O/c8-2-4-11-7(13)6-1-3-9-12(6)5-10-11/h1,3,5H,2,4,8H2. The van der Waals surface area contributed by atoms with Crippen molar-refractivity contribution in [3.63, 3.8) is 0 Å². The summed E-state index contributed by atoms with van der Waals surface area (Å²) in [7, 11) is 0. The topological polar surface area (TPSA) is 78.2 Å². The normalized spacial score (nSPS) is 10.8. The molecular weight excluding hydrogens is 170 g/mol. The van der Waals surface area contributed by atoms with Gasteiger partial charge in [-0.15, -0.1) is 0 Å². The third-order valence-electron chi connectivity index (χ3n) is 1.77. The van der Waals surface area contributed by atoms with Gasteiger partial charge in [-0.25, -0.2) is 9.20 Å². The van der Waals surface area contributed by atoms with Crippen molar-refractivity contribution in [1.29, 1.82) is 0 Å². The van der Waals surface area contributed by atoms with Crippen LogP contribution in [0.2, 0.25) is 0 Å². The second-order valence-electron chi connectivity index (χ2n) is 2.61. The molecule has 0 spiro atoms. The summed E-state index contributed by atoms with van der Waals surface area (Å²) >= 11 is 0. The van der Waals surface area contributed by atoms with Crippen molar-refractivity contribution < 1.29 is 0 Å². The molecule has 0 unspecified atom stereocenters. The van der Waals surface area contributed by atoms with E-state index in [1.807, 2.05) is 0 Å². The van der Waals surface area contributed by atoms with Crippen molar-refractivity contribution in [2.24, 2.45) is 5.73 Å². The molecule has 0 amide bonds. The average Bonchev–Trinajstić information content (AvgIpc) is 2.58. The zero-order chi connectivity index (χ0) is 9.26. The molecule has 0 fully saturated rings. The first-order valence-corrected chi connectivity index (χ1v) is 3.92. The van der Waals surface area contributed by atoms with Crippen LogP contribution in [0.3, 0.4) is 0 Å². The van der Waals surface area contributed by atoms with E-state index in [4.69, 9.17) is 5.73 Å². The van der Waals surface area contributed by atoms with Gasteiger partial charge in [0.25, 0.3) is 5.56 Å². The lowest BCUT2D eigenvalue weighted by atomic mass is 10.5. The fraction of sp³-hybridized carbons (Fsp3) is 0.286. The summed E-state index contributed by atoms with van der Waals surface area (Å²) in [4.78, 5) is 11.6. The number of hydrogen-bond donors (Lipinski definition) is 1. The second kappa shape index (κ2) is 2.98. The van der Waals surface area contributed by atoms with Gasteiger partial charge < -0.3 is 5.73 Å². The minimum Gasteiger partial charge on any atom is -0.329 e. The van der Waals surface area contributed by atoms with Crippen LogP contribution in [0.25, 0.3) is 5.52 Å². The molecule has 2 heterocycles. The molecule has 0 bridgehead atoms. The Hall–Kier alpha value is -1.69. The summed E-state index contributed by atoms with van der Waals surface area (Å²) in [6, 6.07) is 1.65. The number of aromatic nitrogens is 4. The summed E-state index contributed by atoms with van der Waals surface area (Å²) in [5, 5.41) is 7.78. The van der Waals surface area contributed by atoms with Gasteiger partial charge in [-0.05, 0) is 6.07 Å². The molecule has 2 aromatic rings. The molecule has 13 heavy (non-hydrogen) atoms. The molecule has 0 aromatic carbocycles. The Morgan fingerprint density at radius 1 is 1.46 bits per heavy atom. The molecule has 0 aliphatic carbocycles. The van der Waals surface area contributed by atoms with Gasteiger partial charge in [-0.2, -0.15) is 10.2 Å². The summed E-state index contributed by atoms with van der Waals surface area (Å²) < 4.78 is 2.77. The van der Waals surface area contributed by atoms with Crippen LogP contribution in [0.1, 0.15) is 0 Å². The van der Waals surface area contributed by atoms with Crippen LogP contribution >= 0.6 is 0 Å². The first-order valence-electron chi connectivity index (χ1n) is 3.92. The van der Waals surface area contributed by atoms with Crippen LogP contribution < -0.4 is 11.3 Å². The van der Waals surface area contributed by atoms with E-state index in [2.05, 4.69) is 10.2 Å². The largest absolute Gasteiger partial charge is 0.329 e. The van der Waals surface area contributed by atoms with E-state index < -0.39 is 0 Å². The van der Waals surface area contributed by atoms with Gasteiger partial charge >= 0.3 is 0 Å². The minimum absolute atomic E-state index is 0.162. The number of nitrogens with zero attached hydrogens (tertiary/aromatic N) is 4. The maximum atomic E-state index is 11.6. The molecule has 68 valence electrons. The smallest absolute Gasteiger partial charge is 0.292 e. The highest BCUT2D eigenvalue weighted by Gasteiger charge is 2.02. The van der Waals surface area contributed by atoms with Crippen molar-refractivity contribution >= 4 is 5.52 Å². The Kier molecular flexibility index (Phi) is 1.82. The van der Waals surface area contributed by atoms with E-state index in [0.717, 1.165) is 0 Å². The first kappa shape index (κ1) is 7.93. The molecule has 6 nitrogen and oxygen atoms in total. The molecule has 0 saturated carbocycles. The van der Waals surface area contributed by atoms with Crippen molar-refractivity contribution in [2.45, 2.75) is 6.54 Å². The van der Waals surface area contributed by atoms with E-state index >= 15 is 0 Å². The van der Waals surface area contributed by atoms with Gasteiger partial charge in [-0.1, -0.05) is 0 Å². The van der Waals surface area contributed by atoms with Crippen molar-refractivity contribution in [3.8, 4) is 0 Å². The molecule has 2 rings (SSSR count). The van der Waals surface area contributed by atoms with Gasteiger partial charge in [0, 0.05) is 6.54 Å². The van der Waals surface area contributed by atoms with Crippen molar-refractivity contribution in [2.75, 3.05) is 6.54 Å². The van der Waals surface area contributed by atoms with Gasteiger partial charge in [0.15, 0.2) is 0 Å². The summed E-state index contributed by atoms with van der Waals surface area (Å²) in [6.45, 7) is 0.831. The Bertz CT molecular complexity index is 471. The zero-order valence-electron chi connectivity index (χ0n) is 6.92. The maximum absolute atomic E-state index is 11.6. The third-order valence-corrected chi connectivity index (χ3v) is 1.77.